The van der Waals surface area contributed by atoms with Crippen molar-refractivity contribution < 1.29 is 14.2 Å². The van der Waals surface area contributed by atoms with E-state index in [0.717, 1.165) is 30.0 Å². The number of benzene rings is 1. The number of aromatic nitrogens is 2. The number of nitrogens with zero attached hydrogens (tertiary/aromatic N) is 2. The number of hydrogen-bond acceptors (Lipinski definition) is 6. The molecule has 1 aliphatic carbocycles. The first-order chi connectivity index (χ1) is 12.2. The first kappa shape index (κ1) is 16.6. The van der Waals surface area contributed by atoms with Crippen LogP contribution >= 0.6 is 11.6 Å². The normalized spacial score (nSPS) is 28.4. The zero-order valence-corrected chi connectivity index (χ0v) is 14.6. The lowest BCUT2D eigenvalue weighted by Crippen LogP contribution is -2.32. The van der Waals surface area contributed by atoms with E-state index < -0.39 is 0 Å². The van der Waals surface area contributed by atoms with E-state index in [1.165, 1.54) is 6.33 Å². The number of fused-ring (bicyclic) bond motifs is 1. The third-order valence-corrected chi connectivity index (χ3v) is 4.97. The molecule has 0 amide bonds. The SMILES string of the molecule is COc1ccc(C2OCC3CC(Nc4cc(Cl)ncn4)CC3O2)cc1. The molecule has 2 aliphatic rings. The van der Waals surface area contributed by atoms with Crippen LogP contribution in [0.2, 0.25) is 5.15 Å². The molecule has 1 aromatic carbocycles. The minimum absolute atomic E-state index is 0.177. The second kappa shape index (κ2) is 7.15. The number of anilines is 1. The molecule has 2 fully saturated rings. The van der Waals surface area contributed by atoms with Crippen LogP contribution in [0.3, 0.4) is 0 Å². The van der Waals surface area contributed by atoms with E-state index in [-0.39, 0.29) is 12.4 Å². The van der Waals surface area contributed by atoms with Crippen LogP contribution in [-0.2, 0) is 9.47 Å². The summed E-state index contributed by atoms with van der Waals surface area (Å²) in [6, 6.07) is 9.84. The van der Waals surface area contributed by atoms with Gasteiger partial charge in [-0.3, -0.25) is 0 Å². The van der Waals surface area contributed by atoms with Gasteiger partial charge in [0.2, 0.25) is 0 Å². The molecular formula is C18H20ClN3O3. The molecule has 4 unspecified atom stereocenters. The van der Waals surface area contributed by atoms with Gasteiger partial charge in [-0.25, -0.2) is 9.97 Å². The zero-order chi connectivity index (χ0) is 17.2. The molecule has 7 heteroatoms. The minimum atomic E-state index is -0.320. The zero-order valence-electron chi connectivity index (χ0n) is 13.9. The Kier molecular flexibility index (Phi) is 4.74. The van der Waals surface area contributed by atoms with Gasteiger partial charge in [-0.2, -0.15) is 0 Å². The first-order valence-electron chi connectivity index (χ1n) is 8.36. The Labute approximate surface area is 151 Å². The maximum absolute atomic E-state index is 6.20. The van der Waals surface area contributed by atoms with E-state index in [4.69, 9.17) is 25.8 Å². The largest absolute Gasteiger partial charge is 0.497 e. The number of hydrogen-bond donors (Lipinski definition) is 1. The summed E-state index contributed by atoms with van der Waals surface area (Å²) in [7, 11) is 1.66. The molecule has 0 radical (unpaired) electrons. The molecule has 0 bridgehead atoms. The molecule has 25 heavy (non-hydrogen) atoms. The lowest BCUT2D eigenvalue weighted by Gasteiger charge is -2.32. The molecular weight excluding hydrogens is 342 g/mol. The summed E-state index contributed by atoms with van der Waals surface area (Å²) < 4.78 is 17.3. The van der Waals surface area contributed by atoms with Gasteiger partial charge in [0.1, 0.15) is 23.0 Å². The van der Waals surface area contributed by atoms with Gasteiger partial charge >= 0.3 is 0 Å². The van der Waals surface area contributed by atoms with Crippen molar-refractivity contribution >= 4 is 17.4 Å². The van der Waals surface area contributed by atoms with Gasteiger partial charge in [0.15, 0.2) is 6.29 Å². The Bertz CT molecular complexity index is 728. The molecule has 1 saturated carbocycles. The van der Waals surface area contributed by atoms with E-state index in [0.29, 0.717) is 23.7 Å². The molecule has 6 nitrogen and oxygen atoms in total. The first-order valence-corrected chi connectivity index (χ1v) is 8.74. The molecule has 2 aromatic rings. The summed E-state index contributed by atoms with van der Waals surface area (Å²) in [5, 5.41) is 3.86. The fraction of sp³-hybridized carbons (Fsp3) is 0.444. The van der Waals surface area contributed by atoms with Gasteiger partial charge in [-0.15, -0.1) is 0 Å². The van der Waals surface area contributed by atoms with E-state index in [1.54, 1.807) is 13.2 Å². The third-order valence-electron chi connectivity index (χ3n) is 4.76. The number of halogens is 1. The summed E-state index contributed by atoms with van der Waals surface area (Å²) >= 11 is 5.92. The predicted octanol–water partition coefficient (Wildman–Crippen LogP) is 3.44. The van der Waals surface area contributed by atoms with Crippen molar-refractivity contribution in [1.29, 1.82) is 0 Å². The smallest absolute Gasteiger partial charge is 0.184 e. The Morgan fingerprint density at radius 2 is 2.04 bits per heavy atom. The lowest BCUT2D eigenvalue weighted by molar-refractivity contribution is -0.233. The lowest BCUT2D eigenvalue weighted by atomic mass is 10.1. The molecule has 0 spiro atoms. The van der Waals surface area contributed by atoms with Gasteiger partial charge in [0.25, 0.3) is 0 Å². The molecule has 1 saturated heterocycles. The maximum Gasteiger partial charge on any atom is 0.184 e. The molecule has 4 atom stereocenters. The molecule has 1 N–H and O–H groups in total. The average molecular weight is 362 g/mol. The number of ether oxygens (including phenoxy) is 3. The number of nitrogens with one attached hydrogen (secondary N) is 1. The van der Waals surface area contributed by atoms with Crippen LogP contribution < -0.4 is 10.1 Å². The summed E-state index contributed by atoms with van der Waals surface area (Å²) in [6.45, 7) is 0.698. The van der Waals surface area contributed by atoms with Gasteiger partial charge in [0, 0.05) is 23.6 Å². The van der Waals surface area contributed by atoms with E-state index in [9.17, 15) is 0 Å². The molecule has 2 heterocycles. The quantitative estimate of drug-likeness (QED) is 0.841. The summed E-state index contributed by atoms with van der Waals surface area (Å²) in [5.74, 6) is 1.96. The van der Waals surface area contributed by atoms with Crippen molar-refractivity contribution in [2.75, 3.05) is 19.0 Å². The van der Waals surface area contributed by atoms with Crippen molar-refractivity contribution in [3.63, 3.8) is 0 Å². The van der Waals surface area contributed by atoms with Gasteiger partial charge < -0.3 is 19.5 Å². The monoisotopic (exact) mass is 361 g/mol. The Hall–Kier alpha value is -1.89. The summed E-state index contributed by atoms with van der Waals surface area (Å²) in [5.41, 5.74) is 1.01. The topological polar surface area (TPSA) is 65.5 Å². The summed E-state index contributed by atoms with van der Waals surface area (Å²) in [6.07, 6.45) is 3.23. The fourth-order valence-corrected chi connectivity index (χ4v) is 3.66. The number of rotatable bonds is 4. The Morgan fingerprint density at radius 1 is 1.20 bits per heavy atom. The minimum Gasteiger partial charge on any atom is -0.497 e. The van der Waals surface area contributed by atoms with Crippen LogP contribution in [0.25, 0.3) is 0 Å². The molecule has 1 aromatic heterocycles. The van der Waals surface area contributed by atoms with Crippen LogP contribution in [0.5, 0.6) is 5.75 Å². The third kappa shape index (κ3) is 3.71. The van der Waals surface area contributed by atoms with E-state index in [1.807, 2.05) is 24.3 Å². The van der Waals surface area contributed by atoms with Crippen molar-refractivity contribution in [1.82, 2.24) is 9.97 Å². The Balaban J connectivity index is 1.38. The van der Waals surface area contributed by atoms with Crippen LogP contribution in [0.1, 0.15) is 24.7 Å². The highest BCUT2D eigenvalue weighted by atomic mass is 35.5. The van der Waals surface area contributed by atoms with Crippen molar-refractivity contribution in [2.24, 2.45) is 5.92 Å². The molecule has 132 valence electrons. The van der Waals surface area contributed by atoms with Crippen molar-refractivity contribution in [3.8, 4) is 5.75 Å². The second-order valence-electron chi connectivity index (χ2n) is 6.41. The highest BCUT2D eigenvalue weighted by Crippen LogP contribution is 2.39. The van der Waals surface area contributed by atoms with Crippen LogP contribution in [0, 0.1) is 5.92 Å². The van der Waals surface area contributed by atoms with E-state index in [2.05, 4.69) is 15.3 Å². The highest BCUT2D eigenvalue weighted by molar-refractivity contribution is 6.29. The van der Waals surface area contributed by atoms with Crippen LogP contribution in [0.15, 0.2) is 36.7 Å². The summed E-state index contributed by atoms with van der Waals surface area (Å²) in [4.78, 5) is 8.11. The van der Waals surface area contributed by atoms with Gasteiger partial charge in [-0.05, 0) is 25.0 Å². The average Bonchev–Trinajstić information content (AvgIpc) is 3.03. The van der Waals surface area contributed by atoms with Gasteiger partial charge in [0.05, 0.1) is 19.8 Å². The second-order valence-corrected chi connectivity index (χ2v) is 6.80. The highest BCUT2D eigenvalue weighted by Gasteiger charge is 2.40. The van der Waals surface area contributed by atoms with Crippen LogP contribution in [-0.4, -0.2) is 35.8 Å². The molecule has 4 rings (SSSR count). The van der Waals surface area contributed by atoms with Crippen molar-refractivity contribution in [3.05, 3.63) is 47.4 Å². The van der Waals surface area contributed by atoms with Crippen LogP contribution in [0.4, 0.5) is 5.82 Å². The van der Waals surface area contributed by atoms with Gasteiger partial charge in [-0.1, -0.05) is 23.7 Å². The Morgan fingerprint density at radius 3 is 2.80 bits per heavy atom. The fourth-order valence-electron chi connectivity index (χ4n) is 3.51. The predicted molar refractivity (Wildman–Crippen MR) is 93.7 cm³/mol. The standard InChI is InChI=1S/C18H20ClN3O3/c1-23-14-4-2-11(3-5-14)18-24-9-12-6-13(7-15(12)25-18)22-17-8-16(19)20-10-21-17/h2-5,8,10,12-13,15,18H,6-7,9H2,1H3,(H,20,21,22). The number of methoxy groups -OCH3 is 1. The van der Waals surface area contributed by atoms with Crippen molar-refractivity contribution in [2.45, 2.75) is 31.3 Å². The molecule has 1 aliphatic heterocycles. The van der Waals surface area contributed by atoms with E-state index >= 15 is 0 Å². The maximum atomic E-state index is 6.20.